The van der Waals surface area contributed by atoms with E-state index in [0.717, 1.165) is 10.5 Å². The maximum Gasteiger partial charge on any atom is 0.363 e. The first-order valence-electron chi connectivity index (χ1n) is 6.08. The molecule has 0 spiro atoms. The average Bonchev–Trinajstić information content (AvgIpc) is 3.07. The van der Waals surface area contributed by atoms with Crippen molar-refractivity contribution in [2.75, 3.05) is 6.26 Å². The van der Waals surface area contributed by atoms with Crippen molar-refractivity contribution in [1.82, 2.24) is 0 Å². The molecular formula is C15H10BrNO3S. The quantitative estimate of drug-likeness (QED) is 0.467. The van der Waals surface area contributed by atoms with E-state index in [4.69, 9.17) is 9.15 Å². The first kappa shape index (κ1) is 14.2. The van der Waals surface area contributed by atoms with Crippen LogP contribution in [0.1, 0.15) is 11.3 Å². The van der Waals surface area contributed by atoms with Gasteiger partial charge in [-0.15, -0.1) is 11.8 Å². The molecule has 0 atom stereocenters. The SMILES string of the molecule is CSc1ccc(C=C2N=C(c3ccc(Br)o3)OC2=O)cc1. The highest BCUT2D eigenvalue weighted by Crippen LogP contribution is 2.23. The highest BCUT2D eigenvalue weighted by atomic mass is 79.9. The molecule has 106 valence electrons. The summed E-state index contributed by atoms with van der Waals surface area (Å²) in [6, 6.07) is 11.3. The zero-order valence-electron chi connectivity index (χ0n) is 11.0. The van der Waals surface area contributed by atoms with Crippen molar-refractivity contribution in [2.45, 2.75) is 4.90 Å². The third kappa shape index (κ3) is 3.11. The number of aliphatic imine (C=N–C) groups is 1. The van der Waals surface area contributed by atoms with Crippen LogP contribution >= 0.6 is 27.7 Å². The molecular weight excluding hydrogens is 354 g/mol. The lowest BCUT2D eigenvalue weighted by molar-refractivity contribution is -0.130. The number of halogens is 1. The van der Waals surface area contributed by atoms with Crippen LogP contribution in [0.25, 0.3) is 6.08 Å². The van der Waals surface area contributed by atoms with E-state index in [-0.39, 0.29) is 11.6 Å². The van der Waals surface area contributed by atoms with E-state index in [1.807, 2.05) is 30.5 Å². The fourth-order valence-corrected chi connectivity index (χ4v) is 2.52. The Balaban J connectivity index is 1.88. The minimum atomic E-state index is -0.480. The van der Waals surface area contributed by atoms with Crippen LogP contribution < -0.4 is 0 Å². The zero-order chi connectivity index (χ0) is 14.8. The van der Waals surface area contributed by atoms with Crippen LogP contribution in [-0.4, -0.2) is 18.1 Å². The Morgan fingerprint density at radius 2 is 1.95 bits per heavy atom. The number of hydrogen-bond donors (Lipinski definition) is 0. The number of rotatable bonds is 3. The van der Waals surface area contributed by atoms with Crippen LogP contribution in [-0.2, 0) is 9.53 Å². The molecule has 1 aromatic heterocycles. The third-order valence-electron chi connectivity index (χ3n) is 2.82. The van der Waals surface area contributed by atoms with Crippen molar-refractivity contribution >= 4 is 45.6 Å². The summed E-state index contributed by atoms with van der Waals surface area (Å²) < 4.78 is 11.0. The van der Waals surface area contributed by atoms with Crippen molar-refractivity contribution < 1.29 is 13.9 Å². The molecule has 1 aliphatic heterocycles. The Kier molecular flexibility index (Phi) is 3.98. The molecule has 0 fully saturated rings. The molecule has 1 aromatic carbocycles. The maximum atomic E-state index is 11.8. The van der Waals surface area contributed by atoms with Gasteiger partial charge in [0.25, 0.3) is 5.90 Å². The number of nitrogens with zero attached hydrogens (tertiary/aromatic N) is 1. The van der Waals surface area contributed by atoms with Crippen molar-refractivity contribution in [2.24, 2.45) is 4.99 Å². The predicted octanol–water partition coefficient (Wildman–Crippen LogP) is 4.11. The molecule has 0 saturated heterocycles. The van der Waals surface area contributed by atoms with Gasteiger partial charge in [0.15, 0.2) is 16.1 Å². The van der Waals surface area contributed by atoms with Crippen LogP contribution in [0.3, 0.4) is 0 Å². The van der Waals surface area contributed by atoms with Gasteiger partial charge in [-0.2, -0.15) is 0 Å². The van der Waals surface area contributed by atoms with Gasteiger partial charge in [-0.05, 0) is 58.1 Å². The summed E-state index contributed by atoms with van der Waals surface area (Å²) in [5.41, 5.74) is 1.15. The highest BCUT2D eigenvalue weighted by Gasteiger charge is 2.26. The number of cyclic esters (lactones) is 1. The van der Waals surface area contributed by atoms with E-state index >= 15 is 0 Å². The zero-order valence-corrected chi connectivity index (χ0v) is 13.4. The lowest BCUT2D eigenvalue weighted by atomic mass is 10.2. The third-order valence-corrected chi connectivity index (χ3v) is 3.99. The minimum absolute atomic E-state index is 0.178. The Labute approximate surface area is 134 Å². The van der Waals surface area contributed by atoms with Crippen molar-refractivity contribution in [3.63, 3.8) is 0 Å². The molecule has 6 heteroatoms. The molecule has 0 unspecified atom stereocenters. The largest absolute Gasteiger partial charge is 0.444 e. The molecule has 3 rings (SSSR count). The standard InChI is InChI=1S/C15H10BrNO3S/c1-21-10-4-2-9(3-5-10)8-11-15(18)20-14(17-11)12-6-7-13(16)19-12/h2-8H,1H3. The summed E-state index contributed by atoms with van der Waals surface area (Å²) in [5.74, 6) is 0.112. The van der Waals surface area contributed by atoms with Gasteiger partial charge in [0.2, 0.25) is 0 Å². The van der Waals surface area contributed by atoms with Crippen molar-refractivity contribution in [3.05, 3.63) is 58.1 Å². The molecule has 1 aliphatic rings. The second kappa shape index (κ2) is 5.91. The maximum absolute atomic E-state index is 11.8. The molecule has 2 aromatic rings. The Morgan fingerprint density at radius 3 is 2.57 bits per heavy atom. The summed E-state index contributed by atoms with van der Waals surface area (Å²) in [6.07, 6.45) is 3.71. The number of thioether (sulfide) groups is 1. The van der Waals surface area contributed by atoms with E-state index < -0.39 is 5.97 Å². The van der Waals surface area contributed by atoms with Gasteiger partial charge in [-0.3, -0.25) is 0 Å². The summed E-state index contributed by atoms with van der Waals surface area (Å²) in [6.45, 7) is 0. The smallest absolute Gasteiger partial charge is 0.363 e. The van der Waals surface area contributed by atoms with Gasteiger partial charge in [-0.1, -0.05) is 12.1 Å². The predicted molar refractivity (Wildman–Crippen MR) is 85.2 cm³/mol. The second-order valence-electron chi connectivity index (χ2n) is 4.21. The number of hydrogen-bond acceptors (Lipinski definition) is 5. The lowest BCUT2D eigenvalue weighted by Gasteiger charge is -1.97. The van der Waals surface area contributed by atoms with Gasteiger partial charge in [-0.25, -0.2) is 9.79 Å². The molecule has 4 nitrogen and oxygen atoms in total. The van der Waals surface area contributed by atoms with E-state index in [9.17, 15) is 4.79 Å². The van der Waals surface area contributed by atoms with Crippen LogP contribution in [0.5, 0.6) is 0 Å². The summed E-state index contributed by atoms with van der Waals surface area (Å²) in [7, 11) is 0. The molecule has 2 heterocycles. The van der Waals surface area contributed by atoms with Crippen LogP contribution in [0.4, 0.5) is 0 Å². The van der Waals surface area contributed by atoms with Gasteiger partial charge >= 0.3 is 5.97 Å². The fourth-order valence-electron chi connectivity index (χ4n) is 1.80. The van der Waals surface area contributed by atoms with Crippen molar-refractivity contribution in [3.8, 4) is 0 Å². The molecule has 0 amide bonds. The molecule has 0 saturated carbocycles. The van der Waals surface area contributed by atoms with E-state index in [1.54, 1.807) is 30.0 Å². The van der Waals surface area contributed by atoms with E-state index in [1.165, 1.54) is 0 Å². The number of carbonyl (C=O) groups excluding carboxylic acids is 1. The first-order valence-corrected chi connectivity index (χ1v) is 8.10. The highest BCUT2D eigenvalue weighted by molar-refractivity contribution is 9.10. The summed E-state index contributed by atoms with van der Waals surface area (Å²) in [5, 5.41) is 0. The normalized spacial score (nSPS) is 16.2. The fraction of sp³-hybridized carbons (Fsp3) is 0.0667. The number of carbonyl (C=O) groups is 1. The Hall–Kier alpha value is -1.79. The van der Waals surface area contributed by atoms with Gasteiger partial charge in [0.1, 0.15) is 0 Å². The van der Waals surface area contributed by atoms with Gasteiger partial charge < -0.3 is 9.15 Å². The van der Waals surface area contributed by atoms with E-state index in [0.29, 0.717) is 10.4 Å². The molecule has 0 aliphatic carbocycles. The van der Waals surface area contributed by atoms with Gasteiger partial charge in [0.05, 0.1) is 0 Å². The average molecular weight is 364 g/mol. The number of benzene rings is 1. The first-order chi connectivity index (χ1) is 10.2. The number of furan rings is 1. The minimum Gasteiger partial charge on any atom is -0.444 e. The Morgan fingerprint density at radius 1 is 1.19 bits per heavy atom. The second-order valence-corrected chi connectivity index (χ2v) is 5.87. The van der Waals surface area contributed by atoms with Crippen LogP contribution in [0.15, 0.2) is 61.1 Å². The lowest BCUT2D eigenvalue weighted by Crippen LogP contribution is -2.04. The number of esters is 1. The summed E-state index contributed by atoms with van der Waals surface area (Å²) in [4.78, 5) is 17.2. The molecule has 0 N–H and O–H groups in total. The van der Waals surface area contributed by atoms with Crippen molar-refractivity contribution in [1.29, 1.82) is 0 Å². The topological polar surface area (TPSA) is 51.8 Å². The number of ether oxygens (including phenoxy) is 1. The Bertz CT molecular complexity index is 747. The summed E-state index contributed by atoms with van der Waals surface area (Å²) >= 11 is 4.86. The van der Waals surface area contributed by atoms with Crippen LogP contribution in [0.2, 0.25) is 0 Å². The van der Waals surface area contributed by atoms with Crippen LogP contribution in [0, 0.1) is 0 Å². The monoisotopic (exact) mass is 363 g/mol. The molecule has 21 heavy (non-hydrogen) atoms. The molecule has 0 bridgehead atoms. The van der Waals surface area contributed by atoms with Gasteiger partial charge in [0, 0.05) is 4.90 Å². The molecule has 0 radical (unpaired) electrons. The van der Waals surface area contributed by atoms with E-state index in [2.05, 4.69) is 20.9 Å².